The molecule has 1 aromatic heterocycles. The predicted octanol–water partition coefficient (Wildman–Crippen LogP) is 1.69. The van der Waals surface area contributed by atoms with Crippen molar-refractivity contribution in [3.8, 4) is 0 Å². The number of aromatic nitrogens is 2. The van der Waals surface area contributed by atoms with Gasteiger partial charge >= 0.3 is 0 Å². The lowest BCUT2D eigenvalue weighted by Gasteiger charge is -2.03. The summed E-state index contributed by atoms with van der Waals surface area (Å²) in [5.41, 5.74) is 0.820. The molecule has 1 rings (SSSR count). The zero-order chi connectivity index (χ0) is 11.8. The number of H-pyrrole nitrogens is 1. The van der Waals surface area contributed by atoms with E-state index in [1.165, 1.54) is 0 Å². The normalized spacial score (nSPS) is 10.6. The summed E-state index contributed by atoms with van der Waals surface area (Å²) in [6, 6.07) is 1.57. The first-order valence-corrected chi connectivity index (χ1v) is 5.84. The number of hydrogen-bond donors (Lipinski definition) is 1. The zero-order valence-corrected chi connectivity index (χ0v) is 10.1. The van der Waals surface area contributed by atoms with Gasteiger partial charge in [0.05, 0.1) is 0 Å². The van der Waals surface area contributed by atoms with Crippen LogP contribution in [-0.4, -0.2) is 23.7 Å². The molecule has 0 fully saturated rings. The Morgan fingerprint density at radius 3 is 2.88 bits per heavy atom. The number of aryl methyl sites for hydroxylation is 2. The molecule has 1 heterocycles. The SMILES string of the molecule is CCCCc1nc(CCCOC)cc(=O)[nH]1. The van der Waals surface area contributed by atoms with Crippen molar-refractivity contribution in [1.82, 2.24) is 9.97 Å². The molecule has 0 aliphatic carbocycles. The Labute approximate surface area is 96.1 Å². The van der Waals surface area contributed by atoms with Gasteiger partial charge in [0, 0.05) is 31.9 Å². The van der Waals surface area contributed by atoms with Crippen LogP contribution in [0.2, 0.25) is 0 Å². The topological polar surface area (TPSA) is 55.0 Å². The molecular formula is C12H20N2O2. The number of hydrogen-bond acceptors (Lipinski definition) is 3. The van der Waals surface area contributed by atoms with Gasteiger partial charge in [-0.3, -0.25) is 4.79 Å². The fraction of sp³-hybridized carbons (Fsp3) is 0.667. The van der Waals surface area contributed by atoms with E-state index in [9.17, 15) is 4.79 Å². The van der Waals surface area contributed by atoms with E-state index in [1.807, 2.05) is 0 Å². The second-order valence-electron chi connectivity index (χ2n) is 3.88. The van der Waals surface area contributed by atoms with E-state index in [4.69, 9.17) is 4.74 Å². The van der Waals surface area contributed by atoms with Gasteiger partial charge in [0.25, 0.3) is 5.56 Å². The van der Waals surface area contributed by atoms with Gasteiger partial charge < -0.3 is 9.72 Å². The van der Waals surface area contributed by atoms with Gasteiger partial charge in [0.1, 0.15) is 5.82 Å². The minimum absolute atomic E-state index is 0.0477. The number of nitrogens with zero attached hydrogens (tertiary/aromatic N) is 1. The molecule has 1 N–H and O–H groups in total. The molecule has 0 unspecified atom stereocenters. The second kappa shape index (κ2) is 7.17. The maximum Gasteiger partial charge on any atom is 0.251 e. The molecule has 4 heteroatoms. The summed E-state index contributed by atoms with van der Waals surface area (Å²) in [6.45, 7) is 2.83. The Bertz CT molecular complexity index is 360. The Morgan fingerprint density at radius 2 is 2.19 bits per heavy atom. The van der Waals surface area contributed by atoms with E-state index >= 15 is 0 Å². The number of rotatable bonds is 7. The highest BCUT2D eigenvalue weighted by atomic mass is 16.5. The van der Waals surface area contributed by atoms with Gasteiger partial charge in [-0.1, -0.05) is 13.3 Å². The molecule has 1 aromatic rings. The van der Waals surface area contributed by atoms with Gasteiger partial charge in [0.15, 0.2) is 0 Å². The lowest BCUT2D eigenvalue weighted by atomic mass is 10.2. The fourth-order valence-corrected chi connectivity index (χ4v) is 1.55. The van der Waals surface area contributed by atoms with Crippen molar-refractivity contribution in [2.45, 2.75) is 39.0 Å². The van der Waals surface area contributed by atoms with Crippen LogP contribution in [-0.2, 0) is 17.6 Å². The van der Waals surface area contributed by atoms with E-state index in [0.29, 0.717) is 6.61 Å². The van der Waals surface area contributed by atoms with Gasteiger partial charge in [-0.05, 0) is 19.3 Å². The molecular weight excluding hydrogens is 204 g/mol. The molecule has 0 spiro atoms. The van der Waals surface area contributed by atoms with Gasteiger partial charge in [0.2, 0.25) is 0 Å². The van der Waals surface area contributed by atoms with Crippen molar-refractivity contribution in [3.63, 3.8) is 0 Å². The number of nitrogens with one attached hydrogen (secondary N) is 1. The van der Waals surface area contributed by atoms with Crippen molar-refractivity contribution in [2.75, 3.05) is 13.7 Å². The van der Waals surface area contributed by atoms with Crippen LogP contribution in [0.25, 0.3) is 0 Å². The monoisotopic (exact) mass is 224 g/mol. The van der Waals surface area contributed by atoms with E-state index in [-0.39, 0.29) is 5.56 Å². The molecule has 0 aliphatic rings. The van der Waals surface area contributed by atoms with Crippen LogP contribution < -0.4 is 5.56 Å². The molecule has 0 radical (unpaired) electrons. The third-order valence-electron chi connectivity index (χ3n) is 2.39. The summed E-state index contributed by atoms with van der Waals surface area (Å²) < 4.78 is 4.98. The lowest BCUT2D eigenvalue weighted by Crippen LogP contribution is -2.13. The van der Waals surface area contributed by atoms with Crippen LogP contribution in [0.4, 0.5) is 0 Å². The maximum absolute atomic E-state index is 11.4. The molecule has 90 valence electrons. The number of ether oxygens (including phenoxy) is 1. The second-order valence-corrected chi connectivity index (χ2v) is 3.88. The highest BCUT2D eigenvalue weighted by molar-refractivity contribution is 5.03. The Morgan fingerprint density at radius 1 is 1.38 bits per heavy atom. The van der Waals surface area contributed by atoms with Crippen LogP contribution in [0.5, 0.6) is 0 Å². The molecule has 0 amide bonds. The van der Waals surface area contributed by atoms with Crippen LogP contribution in [0.15, 0.2) is 10.9 Å². The summed E-state index contributed by atoms with van der Waals surface area (Å²) >= 11 is 0. The van der Waals surface area contributed by atoms with Crippen molar-refractivity contribution >= 4 is 0 Å². The van der Waals surface area contributed by atoms with E-state index in [2.05, 4.69) is 16.9 Å². The molecule has 0 aromatic carbocycles. The summed E-state index contributed by atoms with van der Waals surface area (Å²) in [5.74, 6) is 0.807. The largest absolute Gasteiger partial charge is 0.385 e. The Hall–Kier alpha value is -1.16. The van der Waals surface area contributed by atoms with Crippen LogP contribution in [0.1, 0.15) is 37.7 Å². The smallest absolute Gasteiger partial charge is 0.251 e. The average molecular weight is 224 g/mol. The van der Waals surface area contributed by atoms with Crippen molar-refractivity contribution in [1.29, 1.82) is 0 Å². The molecule has 0 atom stereocenters. The van der Waals surface area contributed by atoms with Gasteiger partial charge in [-0.2, -0.15) is 0 Å². The number of aromatic amines is 1. The third kappa shape index (κ3) is 4.57. The maximum atomic E-state index is 11.4. The van der Waals surface area contributed by atoms with Crippen LogP contribution in [0, 0.1) is 0 Å². The first-order valence-electron chi connectivity index (χ1n) is 5.84. The molecule has 0 aliphatic heterocycles. The summed E-state index contributed by atoms with van der Waals surface area (Å²) in [5, 5.41) is 0. The van der Waals surface area contributed by atoms with Crippen LogP contribution >= 0.6 is 0 Å². The van der Waals surface area contributed by atoms with Crippen LogP contribution in [0.3, 0.4) is 0 Å². The Balaban J connectivity index is 2.62. The first kappa shape index (κ1) is 12.9. The molecule has 16 heavy (non-hydrogen) atoms. The minimum Gasteiger partial charge on any atom is -0.385 e. The molecule has 0 saturated heterocycles. The van der Waals surface area contributed by atoms with Crippen molar-refractivity contribution in [3.05, 3.63) is 27.9 Å². The predicted molar refractivity (Wildman–Crippen MR) is 63.7 cm³/mol. The number of methoxy groups -OCH3 is 1. The van der Waals surface area contributed by atoms with Gasteiger partial charge in [-0.15, -0.1) is 0 Å². The molecule has 0 bridgehead atoms. The highest BCUT2D eigenvalue weighted by Gasteiger charge is 2.01. The standard InChI is InChI=1S/C12H20N2O2/c1-3-4-7-11-13-10(6-5-8-16-2)9-12(15)14-11/h9H,3-8H2,1-2H3,(H,13,14,15). The third-order valence-corrected chi connectivity index (χ3v) is 2.39. The van der Waals surface area contributed by atoms with Gasteiger partial charge in [-0.25, -0.2) is 4.98 Å². The lowest BCUT2D eigenvalue weighted by molar-refractivity contribution is 0.195. The van der Waals surface area contributed by atoms with E-state index in [0.717, 1.165) is 43.6 Å². The summed E-state index contributed by atoms with van der Waals surface area (Å²) in [4.78, 5) is 18.6. The highest BCUT2D eigenvalue weighted by Crippen LogP contribution is 2.01. The van der Waals surface area contributed by atoms with E-state index < -0.39 is 0 Å². The minimum atomic E-state index is -0.0477. The fourth-order valence-electron chi connectivity index (χ4n) is 1.55. The summed E-state index contributed by atoms with van der Waals surface area (Å²) in [6.07, 6.45) is 4.73. The molecule has 0 saturated carbocycles. The first-order chi connectivity index (χ1) is 7.76. The van der Waals surface area contributed by atoms with E-state index in [1.54, 1.807) is 13.2 Å². The summed E-state index contributed by atoms with van der Waals surface area (Å²) in [7, 11) is 1.68. The quantitative estimate of drug-likeness (QED) is 0.717. The van der Waals surface area contributed by atoms with Crippen molar-refractivity contribution < 1.29 is 4.74 Å². The average Bonchev–Trinajstić information content (AvgIpc) is 2.26. The molecule has 4 nitrogen and oxygen atoms in total. The Kier molecular flexibility index (Phi) is 5.78. The van der Waals surface area contributed by atoms with Crippen molar-refractivity contribution in [2.24, 2.45) is 0 Å². The number of unbranched alkanes of at least 4 members (excludes halogenated alkanes) is 1. The zero-order valence-electron chi connectivity index (χ0n) is 10.1.